The Hall–Kier alpha value is -1.04. The highest BCUT2D eigenvalue weighted by atomic mass is 35.5. The van der Waals surface area contributed by atoms with E-state index in [0.717, 1.165) is 5.56 Å². The van der Waals surface area contributed by atoms with Crippen LogP contribution < -0.4 is 5.73 Å². The summed E-state index contributed by atoms with van der Waals surface area (Å²) in [6.45, 7) is 1.75. The molecule has 1 aromatic rings. The molecule has 2 N–H and O–H groups in total. The van der Waals surface area contributed by atoms with Gasteiger partial charge in [-0.15, -0.1) is 11.8 Å². The van der Waals surface area contributed by atoms with Crippen LogP contribution in [-0.4, -0.2) is 0 Å². The van der Waals surface area contributed by atoms with Crippen LogP contribution in [0.5, 0.6) is 0 Å². The van der Waals surface area contributed by atoms with Gasteiger partial charge in [-0.1, -0.05) is 17.7 Å². The topological polar surface area (TPSA) is 26.0 Å². The largest absolute Gasteiger partial charge is 0.323 e. The maximum absolute atomic E-state index is 12.8. The maximum Gasteiger partial charge on any atom is 0.141 e. The average Bonchev–Trinajstić information content (AvgIpc) is 2.18. The van der Waals surface area contributed by atoms with Gasteiger partial charge >= 0.3 is 0 Å². The molecule has 1 aromatic carbocycles. The van der Waals surface area contributed by atoms with Crippen molar-refractivity contribution in [2.45, 2.75) is 19.4 Å². The van der Waals surface area contributed by atoms with E-state index in [0.29, 0.717) is 6.42 Å². The number of hydrogen-bond donors (Lipinski definition) is 1. The van der Waals surface area contributed by atoms with Gasteiger partial charge in [-0.3, -0.25) is 0 Å². The van der Waals surface area contributed by atoms with E-state index in [1.54, 1.807) is 19.1 Å². The molecule has 14 heavy (non-hydrogen) atoms. The van der Waals surface area contributed by atoms with Crippen molar-refractivity contribution in [3.63, 3.8) is 0 Å². The predicted octanol–water partition coefficient (Wildman–Crippen LogP) is 2.89. The summed E-state index contributed by atoms with van der Waals surface area (Å²) in [7, 11) is 0. The van der Waals surface area contributed by atoms with Crippen molar-refractivity contribution in [3.8, 4) is 11.8 Å². The van der Waals surface area contributed by atoms with Crippen LogP contribution in [0, 0.1) is 17.7 Å². The number of rotatable bonds is 2. The highest BCUT2D eigenvalue weighted by Crippen LogP contribution is 2.20. The fourth-order valence-electron chi connectivity index (χ4n) is 1.07. The summed E-state index contributed by atoms with van der Waals surface area (Å²) in [6.07, 6.45) is 0.554. The fraction of sp³-hybridized carbons (Fsp3) is 0.273. The summed E-state index contributed by atoms with van der Waals surface area (Å²) >= 11 is 5.63. The van der Waals surface area contributed by atoms with E-state index in [2.05, 4.69) is 11.8 Å². The van der Waals surface area contributed by atoms with E-state index >= 15 is 0 Å². The molecule has 0 amide bonds. The van der Waals surface area contributed by atoms with Crippen LogP contribution in [0.4, 0.5) is 4.39 Å². The minimum atomic E-state index is -0.427. The van der Waals surface area contributed by atoms with Gasteiger partial charge in [0.15, 0.2) is 0 Å². The van der Waals surface area contributed by atoms with Gasteiger partial charge in [0, 0.05) is 12.5 Å². The van der Waals surface area contributed by atoms with Crippen molar-refractivity contribution in [1.29, 1.82) is 0 Å². The zero-order valence-electron chi connectivity index (χ0n) is 7.85. The molecule has 0 aliphatic heterocycles. The molecule has 0 radical (unpaired) electrons. The first-order valence-electron chi connectivity index (χ1n) is 4.25. The molecule has 0 aliphatic rings. The Morgan fingerprint density at radius 2 is 2.29 bits per heavy atom. The Morgan fingerprint density at radius 3 is 2.86 bits per heavy atom. The fourth-order valence-corrected chi connectivity index (χ4v) is 1.26. The smallest absolute Gasteiger partial charge is 0.141 e. The summed E-state index contributed by atoms with van der Waals surface area (Å²) < 4.78 is 12.8. The van der Waals surface area contributed by atoms with E-state index < -0.39 is 5.82 Å². The lowest BCUT2D eigenvalue weighted by Gasteiger charge is -2.08. The van der Waals surface area contributed by atoms with Crippen molar-refractivity contribution in [3.05, 3.63) is 34.6 Å². The zero-order valence-corrected chi connectivity index (χ0v) is 8.61. The monoisotopic (exact) mass is 211 g/mol. The van der Waals surface area contributed by atoms with Gasteiger partial charge in [-0.25, -0.2) is 4.39 Å². The lowest BCUT2D eigenvalue weighted by atomic mass is 10.1. The Bertz CT molecular complexity index is 379. The number of hydrogen-bond acceptors (Lipinski definition) is 1. The second kappa shape index (κ2) is 4.99. The van der Waals surface area contributed by atoms with Crippen LogP contribution in [0.2, 0.25) is 5.02 Å². The van der Waals surface area contributed by atoms with Gasteiger partial charge in [-0.05, 0) is 24.6 Å². The van der Waals surface area contributed by atoms with Gasteiger partial charge < -0.3 is 5.73 Å². The van der Waals surface area contributed by atoms with Crippen molar-refractivity contribution < 1.29 is 4.39 Å². The Labute approximate surface area is 88.1 Å². The molecule has 1 atom stereocenters. The second-order valence-corrected chi connectivity index (χ2v) is 3.32. The first-order valence-corrected chi connectivity index (χ1v) is 4.63. The van der Waals surface area contributed by atoms with E-state index in [1.165, 1.54) is 6.07 Å². The first kappa shape index (κ1) is 11.0. The molecule has 1 rings (SSSR count). The average molecular weight is 212 g/mol. The van der Waals surface area contributed by atoms with Crippen LogP contribution in [0.25, 0.3) is 0 Å². The normalized spacial score (nSPS) is 11.7. The molecule has 74 valence electrons. The van der Waals surface area contributed by atoms with Crippen molar-refractivity contribution in [1.82, 2.24) is 0 Å². The standard InChI is InChI=1S/C11H11ClFN/c1-2-3-4-11(14)8-5-6-10(13)9(12)7-8/h5-7,11H,4,14H2,1H3. The first-order chi connectivity index (χ1) is 6.65. The second-order valence-electron chi connectivity index (χ2n) is 2.91. The molecule has 0 fully saturated rings. The van der Waals surface area contributed by atoms with Gasteiger partial charge in [0.05, 0.1) is 5.02 Å². The van der Waals surface area contributed by atoms with E-state index in [4.69, 9.17) is 17.3 Å². The number of benzene rings is 1. The van der Waals surface area contributed by atoms with Gasteiger partial charge in [0.2, 0.25) is 0 Å². The van der Waals surface area contributed by atoms with E-state index in [1.807, 2.05) is 0 Å². The lowest BCUT2D eigenvalue weighted by Crippen LogP contribution is -2.09. The highest BCUT2D eigenvalue weighted by molar-refractivity contribution is 6.30. The number of nitrogens with two attached hydrogens (primary N) is 1. The Balaban J connectivity index is 2.83. The minimum absolute atomic E-state index is 0.0995. The lowest BCUT2D eigenvalue weighted by molar-refractivity contribution is 0.625. The van der Waals surface area contributed by atoms with E-state index in [-0.39, 0.29) is 11.1 Å². The van der Waals surface area contributed by atoms with Crippen molar-refractivity contribution in [2.75, 3.05) is 0 Å². The molecular formula is C11H11ClFN. The molecule has 0 saturated carbocycles. The summed E-state index contributed by atoms with van der Waals surface area (Å²) in [5.74, 6) is 5.20. The summed E-state index contributed by atoms with van der Waals surface area (Å²) in [6, 6.07) is 4.28. The SMILES string of the molecule is CC#CCC(N)c1ccc(F)c(Cl)c1. The van der Waals surface area contributed by atoms with Crippen molar-refractivity contribution >= 4 is 11.6 Å². The third-order valence-electron chi connectivity index (χ3n) is 1.87. The molecule has 0 aromatic heterocycles. The molecule has 3 heteroatoms. The molecule has 0 heterocycles. The van der Waals surface area contributed by atoms with Crippen LogP contribution in [-0.2, 0) is 0 Å². The van der Waals surface area contributed by atoms with Crippen molar-refractivity contribution in [2.24, 2.45) is 5.73 Å². The Kier molecular flexibility index (Phi) is 3.94. The minimum Gasteiger partial charge on any atom is -0.323 e. The summed E-state index contributed by atoms with van der Waals surface area (Å²) in [4.78, 5) is 0. The maximum atomic E-state index is 12.8. The van der Waals surface area contributed by atoms with Gasteiger partial charge in [0.1, 0.15) is 5.82 Å². The predicted molar refractivity (Wildman–Crippen MR) is 56.4 cm³/mol. The van der Waals surface area contributed by atoms with Gasteiger partial charge in [-0.2, -0.15) is 0 Å². The molecule has 0 saturated heterocycles. The summed E-state index contributed by atoms with van der Waals surface area (Å²) in [5.41, 5.74) is 6.62. The molecule has 0 bridgehead atoms. The third-order valence-corrected chi connectivity index (χ3v) is 2.16. The van der Waals surface area contributed by atoms with Gasteiger partial charge in [0.25, 0.3) is 0 Å². The number of halogens is 2. The third kappa shape index (κ3) is 2.73. The molecule has 1 unspecified atom stereocenters. The quantitative estimate of drug-likeness (QED) is 0.748. The Morgan fingerprint density at radius 1 is 1.57 bits per heavy atom. The summed E-state index contributed by atoms with van der Waals surface area (Å²) in [5, 5.41) is 0.0995. The zero-order chi connectivity index (χ0) is 10.6. The molecule has 1 nitrogen and oxygen atoms in total. The molecule has 0 aliphatic carbocycles. The van der Waals surface area contributed by atoms with Crippen LogP contribution in [0.3, 0.4) is 0 Å². The van der Waals surface area contributed by atoms with Crippen LogP contribution in [0.15, 0.2) is 18.2 Å². The molecule has 0 spiro atoms. The van der Waals surface area contributed by atoms with Crippen LogP contribution in [0.1, 0.15) is 24.9 Å². The van der Waals surface area contributed by atoms with Crippen LogP contribution >= 0.6 is 11.6 Å². The highest BCUT2D eigenvalue weighted by Gasteiger charge is 2.07. The van der Waals surface area contributed by atoms with E-state index in [9.17, 15) is 4.39 Å². The molecular weight excluding hydrogens is 201 g/mol.